The van der Waals surface area contributed by atoms with Crippen LogP contribution < -0.4 is 10.0 Å². The monoisotopic (exact) mass is 289 g/mol. The van der Waals surface area contributed by atoms with Gasteiger partial charge in [0, 0.05) is 13.0 Å². The van der Waals surface area contributed by atoms with E-state index in [-0.39, 0.29) is 16.2 Å². The van der Waals surface area contributed by atoms with Crippen molar-refractivity contribution in [2.45, 2.75) is 36.9 Å². The molecular weight excluding hydrogens is 274 g/mol. The van der Waals surface area contributed by atoms with Crippen molar-refractivity contribution in [1.29, 1.82) is 0 Å². The molecule has 2 N–H and O–H groups in total. The van der Waals surface area contributed by atoms with Gasteiger partial charge < -0.3 is 5.32 Å². The molecule has 0 aliphatic heterocycles. The number of thiazole rings is 1. The van der Waals surface area contributed by atoms with E-state index in [1.54, 1.807) is 0 Å². The highest BCUT2D eigenvalue weighted by Crippen LogP contribution is 2.29. The lowest BCUT2D eigenvalue weighted by Crippen LogP contribution is -2.43. The molecule has 18 heavy (non-hydrogen) atoms. The minimum Gasteiger partial charge on any atom is -0.302 e. The lowest BCUT2D eigenvalue weighted by atomic mass is 9.83. The number of rotatable bonds is 4. The molecule has 0 unspecified atom stereocenters. The quantitative estimate of drug-likeness (QED) is 0.871. The Morgan fingerprint density at radius 3 is 2.72 bits per heavy atom. The predicted octanol–water partition coefficient (Wildman–Crippen LogP) is 1.18. The van der Waals surface area contributed by atoms with E-state index in [1.165, 1.54) is 13.1 Å². The molecule has 1 heterocycles. The Balaban J connectivity index is 2.05. The number of sulfonamides is 1. The highest BCUT2D eigenvalue weighted by atomic mass is 32.2. The average molecular weight is 289 g/mol. The summed E-state index contributed by atoms with van der Waals surface area (Å²) in [6.45, 7) is 3.44. The van der Waals surface area contributed by atoms with Crippen LogP contribution in [-0.2, 0) is 14.8 Å². The molecular formula is C10H15N3O3S2. The third-order valence-corrected chi connectivity index (χ3v) is 5.62. The molecule has 1 aliphatic carbocycles. The first-order valence-corrected chi connectivity index (χ1v) is 7.92. The van der Waals surface area contributed by atoms with E-state index < -0.39 is 10.0 Å². The van der Waals surface area contributed by atoms with E-state index >= 15 is 0 Å². The summed E-state index contributed by atoms with van der Waals surface area (Å²) >= 11 is 0.952. The maximum atomic E-state index is 12.0. The van der Waals surface area contributed by atoms with Gasteiger partial charge in [-0.05, 0) is 18.8 Å². The van der Waals surface area contributed by atoms with Crippen LogP contribution in [0.3, 0.4) is 0 Å². The van der Waals surface area contributed by atoms with Crippen LogP contribution in [0.15, 0.2) is 10.4 Å². The van der Waals surface area contributed by atoms with Crippen molar-refractivity contribution < 1.29 is 13.2 Å². The third-order valence-electron chi connectivity index (χ3n) is 2.73. The number of aromatic nitrogens is 1. The summed E-state index contributed by atoms with van der Waals surface area (Å²) in [5.41, 5.74) is 0. The minimum absolute atomic E-state index is 0.0244. The lowest BCUT2D eigenvalue weighted by molar-refractivity contribution is -0.114. The van der Waals surface area contributed by atoms with Crippen LogP contribution in [-0.4, -0.2) is 25.4 Å². The molecule has 1 aliphatic rings. The molecule has 1 saturated carbocycles. The fraction of sp³-hybridized carbons (Fsp3) is 0.600. The Kier molecular flexibility index (Phi) is 3.69. The maximum absolute atomic E-state index is 12.0. The Morgan fingerprint density at radius 2 is 2.17 bits per heavy atom. The van der Waals surface area contributed by atoms with Gasteiger partial charge in [-0.1, -0.05) is 18.3 Å². The van der Waals surface area contributed by atoms with Gasteiger partial charge in [0.25, 0.3) is 10.0 Å². The van der Waals surface area contributed by atoms with Gasteiger partial charge in [-0.15, -0.1) is 0 Å². The van der Waals surface area contributed by atoms with Gasteiger partial charge in [0.15, 0.2) is 9.34 Å². The second-order valence-electron chi connectivity index (χ2n) is 4.56. The van der Waals surface area contributed by atoms with Gasteiger partial charge in [0.05, 0.1) is 6.20 Å². The largest absolute Gasteiger partial charge is 0.302 e. The molecule has 1 fully saturated rings. The zero-order valence-corrected chi connectivity index (χ0v) is 11.8. The zero-order valence-electron chi connectivity index (χ0n) is 10.1. The normalized spacial score (nSPS) is 23.4. The van der Waals surface area contributed by atoms with Crippen LogP contribution in [0.25, 0.3) is 0 Å². The number of hydrogen-bond donors (Lipinski definition) is 2. The van der Waals surface area contributed by atoms with Crippen molar-refractivity contribution in [3.8, 4) is 0 Å². The third kappa shape index (κ3) is 3.06. The van der Waals surface area contributed by atoms with Crippen molar-refractivity contribution in [3.05, 3.63) is 6.20 Å². The molecule has 0 saturated heterocycles. The predicted molar refractivity (Wildman–Crippen MR) is 68.9 cm³/mol. The molecule has 8 heteroatoms. The van der Waals surface area contributed by atoms with Gasteiger partial charge in [-0.25, -0.2) is 18.1 Å². The minimum atomic E-state index is -3.50. The van der Waals surface area contributed by atoms with E-state index in [4.69, 9.17) is 0 Å². The molecule has 6 nitrogen and oxygen atoms in total. The molecule has 0 atom stereocenters. The van der Waals surface area contributed by atoms with Crippen LogP contribution in [0, 0.1) is 5.92 Å². The summed E-state index contributed by atoms with van der Waals surface area (Å²) in [6.07, 6.45) is 3.01. The molecule has 1 aromatic heterocycles. The first-order valence-electron chi connectivity index (χ1n) is 5.62. The van der Waals surface area contributed by atoms with Crippen LogP contribution in [0.5, 0.6) is 0 Å². The number of amides is 1. The van der Waals surface area contributed by atoms with E-state index in [9.17, 15) is 13.2 Å². The van der Waals surface area contributed by atoms with Crippen molar-refractivity contribution in [1.82, 2.24) is 9.71 Å². The van der Waals surface area contributed by atoms with Crippen molar-refractivity contribution in [2.24, 2.45) is 5.92 Å². The number of anilines is 1. The van der Waals surface area contributed by atoms with Gasteiger partial charge in [-0.2, -0.15) is 0 Å². The first-order chi connectivity index (χ1) is 8.37. The van der Waals surface area contributed by atoms with Crippen molar-refractivity contribution in [3.63, 3.8) is 0 Å². The summed E-state index contributed by atoms with van der Waals surface area (Å²) in [4.78, 5) is 14.7. The summed E-state index contributed by atoms with van der Waals surface area (Å²) in [5, 5.41) is 2.76. The Morgan fingerprint density at radius 1 is 1.50 bits per heavy atom. The summed E-state index contributed by atoms with van der Waals surface area (Å²) < 4.78 is 26.7. The molecule has 0 radical (unpaired) electrons. The molecule has 0 spiro atoms. The van der Waals surface area contributed by atoms with Gasteiger partial charge >= 0.3 is 0 Å². The number of nitrogens with zero attached hydrogens (tertiary/aromatic N) is 1. The van der Waals surface area contributed by atoms with Crippen molar-refractivity contribution >= 4 is 32.4 Å². The van der Waals surface area contributed by atoms with Gasteiger partial charge in [-0.3, -0.25) is 4.79 Å². The first kappa shape index (κ1) is 13.4. The molecule has 1 aromatic rings. The number of carbonyl (C=O) groups excluding carboxylic acids is 1. The number of carbonyl (C=O) groups is 1. The Bertz CT molecular complexity index is 546. The molecule has 0 aromatic carbocycles. The van der Waals surface area contributed by atoms with Crippen LogP contribution in [0.2, 0.25) is 0 Å². The average Bonchev–Trinajstić information content (AvgIpc) is 2.63. The SMILES string of the molecule is CC(=O)Nc1ncc(S(=O)(=O)NC2CC(C)C2)s1. The maximum Gasteiger partial charge on any atom is 0.251 e. The fourth-order valence-electron chi connectivity index (χ4n) is 1.87. The summed E-state index contributed by atoms with van der Waals surface area (Å²) in [6, 6.07) is 0.0244. The van der Waals surface area contributed by atoms with Gasteiger partial charge in [0.2, 0.25) is 5.91 Å². The number of nitrogens with one attached hydrogen (secondary N) is 2. The van der Waals surface area contributed by atoms with Crippen LogP contribution in [0.4, 0.5) is 5.13 Å². The smallest absolute Gasteiger partial charge is 0.251 e. The molecule has 0 bridgehead atoms. The van der Waals surface area contributed by atoms with E-state index in [0.29, 0.717) is 11.0 Å². The lowest BCUT2D eigenvalue weighted by Gasteiger charge is -2.32. The zero-order chi connectivity index (χ0) is 13.3. The fourth-order valence-corrected chi connectivity index (χ4v) is 4.22. The Hall–Kier alpha value is -0.990. The van der Waals surface area contributed by atoms with Crippen LogP contribution >= 0.6 is 11.3 Å². The standard InChI is InChI=1S/C10H15N3O3S2/c1-6-3-8(4-6)13-18(15,16)9-5-11-10(17-9)12-7(2)14/h5-6,8,13H,3-4H2,1-2H3,(H,11,12,14). The van der Waals surface area contributed by atoms with E-state index in [0.717, 1.165) is 24.2 Å². The van der Waals surface area contributed by atoms with E-state index in [1.807, 2.05) is 0 Å². The molecule has 2 rings (SSSR count). The van der Waals surface area contributed by atoms with Gasteiger partial charge in [0.1, 0.15) is 0 Å². The van der Waals surface area contributed by atoms with Crippen LogP contribution in [0.1, 0.15) is 26.7 Å². The van der Waals surface area contributed by atoms with E-state index in [2.05, 4.69) is 21.9 Å². The number of hydrogen-bond acceptors (Lipinski definition) is 5. The summed E-state index contributed by atoms with van der Waals surface area (Å²) in [7, 11) is -3.50. The second kappa shape index (κ2) is 4.94. The highest BCUT2D eigenvalue weighted by Gasteiger charge is 2.30. The Labute approximate surface area is 110 Å². The molecule has 1 amide bonds. The topological polar surface area (TPSA) is 88.2 Å². The summed E-state index contributed by atoms with van der Waals surface area (Å²) in [5.74, 6) is 0.308. The molecule has 100 valence electrons. The highest BCUT2D eigenvalue weighted by molar-refractivity contribution is 7.91. The second-order valence-corrected chi connectivity index (χ2v) is 7.53. The van der Waals surface area contributed by atoms with Crippen molar-refractivity contribution in [2.75, 3.05) is 5.32 Å².